The van der Waals surface area contributed by atoms with Gasteiger partial charge in [0, 0.05) is 5.56 Å². The standard InChI is InChI=1S/C13H12N2S/c16-13-7-6-12(14-15-13)11-5-4-9-2-1-3-10(9)8-11/h4-8H,1-3H2,(H,15,16). The summed E-state index contributed by atoms with van der Waals surface area (Å²) >= 11 is 4.98. The van der Waals surface area contributed by atoms with Gasteiger partial charge in [0.2, 0.25) is 0 Å². The van der Waals surface area contributed by atoms with Crippen molar-refractivity contribution in [3.63, 3.8) is 0 Å². The maximum atomic E-state index is 4.98. The Morgan fingerprint density at radius 1 is 1.06 bits per heavy atom. The Bertz CT molecular complexity index is 566. The summed E-state index contributed by atoms with van der Waals surface area (Å²) in [5.74, 6) is 0. The monoisotopic (exact) mass is 228 g/mol. The van der Waals surface area contributed by atoms with E-state index in [2.05, 4.69) is 28.4 Å². The summed E-state index contributed by atoms with van der Waals surface area (Å²) in [7, 11) is 0. The van der Waals surface area contributed by atoms with Crippen LogP contribution in [0.2, 0.25) is 0 Å². The number of H-pyrrole nitrogens is 1. The van der Waals surface area contributed by atoms with Crippen molar-refractivity contribution in [3.05, 3.63) is 46.1 Å². The van der Waals surface area contributed by atoms with E-state index in [1.54, 1.807) is 0 Å². The van der Waals surface area contributed by atoms with Gasteiger partial charge in [0.15, 0.2) is 0 Å². The fraction of sp³-hybridized carbons (Fsp3) is 0.231. The molecule has 1 N–H and O–H groups in total. The van der Waals surface area contributed by atoms with E-state index in [1.807, 2.05) is 12.1 Å². The van der Waals surface area contributed by atoms with Gasteiger partial charge in [-0.3, -0.25) is 5.10 Å². The molecule has 0 atom stereocenters. The molecular weight excluding hydrogens is 216 g/mol. The highest BCUT2D eigenvalue weighted by molar-refractivity contribution is 7.71. The predicted octanol–water partition coefficient (Wildman–Crippen LogP) is 3.29. The van der Waals surface area contributed by atoms with Gasteiger partial charge >= 0.3 is 0 Å². The van der Waals surface area contributed by atoms with E-state index in [9.17, 15) is 0 Å². The van der Waals surface area contributed by atoms with Crippen molar-refractivity contribution >= 4 is 12.2 Å². The summed E-state index contributed by atoms with van der Waals surface area (Å²) in [4.78, 5) is 0. The van der Waals surface area contributed by atoms with E-state index in [0.717, 1.165) is 5.69 Å². The molecule has 1 aliphatic rings. The average molecular weight is 228 g/mol. The SMILES string of the molecule is S=c1ccc(-c2ccc3c(c2)CCC3)n[nH]1. The minimum Gasteiger partial charge on any atom is -0.267 e. The Kier molecular flexibility index (Phi) is 2.33. The van der Waals surface area contributed by atoms with Crippen molar-refractivity contribution in [2.45, 2.75) is 19.3 Å². The number of rotatable bonds is 1. The van der Waals surface area contributed by atoms with E-state index >= 15 is 0 Å². The highest BCUT2D eigenvalue weighted by Crippen LogP contribution is 2.26. The first-order valence-electron chi connectivity index (χ1n) is 5.51. The lowest BCUT2D eigenvalue weighted by Crippen LogP contribution is -1.89. The molecule has 80 valence electrons. The summed E-state index contributed by atoms with van der Waals surface area (Å²) < 4.78 is 0.671. The minimum atomic E-state index is 0.671. The molecule has 2 aromatic rings. The number of aromatic nitrogens is 2. The van der Waals surface area contributed by atoms with Crippen LogP contribution in [0.15, 0.2) is 30.3 Å². The molecular formula is C13H12N2S. The molecule has 3 heteroatoms. The minimum absolute atomic E-state index is 0.671. The van der Waals surface area contributed by atoms with Crippen molar-refractivity contribution in [2.75, 3.05) is 0 Å². The van der Waals surface area contributed by atoms with Crippen LogP contribution in [0.25, 0.3) is 11.3 Å². The third-order valence-corrected chi connectivity index (χ3v) is 3.30. The summed E-state index contributed by atoms with van der Waals surface area (Å²) in [6.07, 6.45) is 3.70. The van der Waals surface area contributed by atoms with Crippen molar-refractivity contribution in [1.82, 2.24) is 10.2 Å². The Hall–Kier alpha value is -1.48. The van der Waals surface area contributed by atoms with E-state index in [1.165, 1.54) is 36.0 Å². The van der Waals surface area contributed by atoms with Crippen molar-refractivity contribution < 1.29 is 0 Å². The van der Waals surface area contributed by atoms with Crippen LogP contribution in [0, 0.1) is 4.64 Å². The van der Waals surface area contributed by atoms with Gasteiger partial charge in [-0.25, -0.2) is 0 Å². The predicted molar refractivity (Wildman–Crippen MR) is 66.9 cm³/mol. The lowest BCUT2D eigenvalue weighted by atomic mass is 10.0. The zero-order valence-corrected chi connectivity index (χ0v) is 9.68. The second-order valence-electron chi connectivity index (χ2n) is 4.14. The topological polar surface area (TPSA) is 28.7 Å². The largest absolute Gasteiger partial charge is 0.267 e. The fourth-order valence-corrected chi connectivity index (χ4v) is 2.35. The van der Waals surface area contributed by atoms with Crippen LogP contribution in [0.5, 0.6) is 0 Å². The van der Waals surface area contributed by atoms with Crippen molar-refractivity contribution in [1.29, 1.82) is 0 Å². The van der Waals surface area contributed by atoms with Crippen molar-refractivity contribution in [3.8, 4) is 11.3 Å². The second kappa shape index (κ2) is 3.83. The number of hydrogen-bond donors (Lipinski definition) is 1. The Labute approximate surface area is 99.3 Å². The van der Waals surface area contributed by atoms with Gasteiger partial charge in [-0.05, 0) is 48.6 Å². The molecule has 0 amide bonds. The molecule has 0 fully saturated rings. The van der Waals surface area contributed by atoms with Gasteiger partial charge in [0.25, 0.3) is 0 Å². The van der Waals surface area contributed by atoms with Crippen LogP contribution in [0.1, 0.15) is 17.5 Å². The van der Waals surface area contributed by atoms with Gasteiger partial charge in [-0.2, -0.15) is 5.10 Å². The number of aryl methyl sites for hydroxylation is 2. The molecule has 0 spiro atoms. The Morgan fingerprint density at radius 3 is 2.75 bits per heavy atom. The molecule has 0 saturated heterocycles. The first-order valence-corrected chi connectivity index (χ1v) is 5.92. The van der Waals surface area contributed by atoms with E-state index in [4.69, 9.17) is 12.2 Å². The number of aromatic amines is 1. The molecule has 16 heavy (non-hydrogen) atoms. The van der Waals surface area contributed by atoms with Gasteiger partial charge in [0.1, 0.15) is 4.64 Å². The Balaban J connectivity index is 2.07. The van der Waals surface area contributed by atoms with Gasteiger partial charge in [0.05, 0.1) is 5.69 Å². The molecule has 0 unspecified atom stereocenters. The fourth-order valence-electron chi connectivity index (χ4n) is 2.24. The van der Waals surface area contributed by atoms with Crippen molar-refractivity contribution in [2.24, 2.45) is 0 Å². The number of nitrogens with zero attached hydrogens (tertiary/aromatic N) is 1. The quantitative estimate of drug-likeness (QED) is 0.759. The lowest BCUT2D eigenvalue weighted by Gasteiger charge is -2.03. The average Bonchev–Trinajstić information content (AvgIpc) is 2.77. The van der Waals surface area contributed by atoms with Crippen LogP contribution >= 0.6 is 12.2 Å². The number of fused-ring (bicyclic) bond motifs is 1. The second-order valence-corrected chi connectivity index (χ2v) is 4.58. The van der Waals surface area contributed by atoms with Gasteiger partial charge in [-0.1, -0.05) is 24.4 Å². The van der Waals surface area contributed by atoms with E-state index < -0.39 is 0 Å². The molecule has 1 aromatic heterocycles. The third kappa shape index (κ3) is 1.67. The third-order valence-electron chi connectivity index (χ3n) is 3.07. The van der Waals surface area contributed by atoms with Crippen LogP contribution in [-0.2, 0) is 12.8 Å². The first-order chi connectivity index (χ1) is 7.83. The van der Waals surface area contributed by atoms with Crippen LogP contribution < -0.4 is 0 Å². The molecule has 1 heterocycles. The van der Waals surface area contributed by atoms with E-state index in [-0.39, 0.29) is 0 Å². The molecule has 1 aromatic carbocycles. The van der Waals surface area contributed by atoms with Gasteiger partial charge in [-0.15, -0.1) is 0 Å². The molecule has 2 nitrogen and oxygen atoms in total. The molecule has 0 aliphatic heterocycles. The highest BCUT2D eigenvalue weighted by atomic mass is 32.1. The molecule has 1 aliphatic carbocycles. The van der Waals surface area contributed by atoms with Crippen LogP contribution in [0.3, 0.4) is 0 Å². The normalized spacial score (nSPS) is 13.8. The smallest absolute Gasteiger partial charge is 0.119 e. The number of hydrogen-bond acceptors (Lipinski definition) is 2. The number of nitrogens with one attached hydrogen (secondary N) is 1. The summed E-state index contributed by atoms with van der Waals surface area (Å²) in [5.41, 5.74) is 5.10. The molecule has 3 rings (SSSR count). The summed E-state index contributed by atoms with van der Waals surface area (Å²) in [6, 6.07) is 10.5. The maximum absolute atomic E-state index is 4.98. The molecule has 0 radical (unpaired) electrons. The van der Waals surface area contributed by atoms with Crippen LogP contribution in [0.4, 0.5) is 0 Å². The van der Waals surface area contributed by atoms with E-state index in [0.29, 0.717) is 4.64 Å². The summed E-state index contributed by atoms with van der Waals surface area (Å²) in [6.45, 7) is 0. The maximum Gasteiger partial charge on any atom is 0.119 e. The van der Waals surface area contributed by atoms with Gasteiger partial charge < -0.3 is 0 Å². The summed E-state index contributed by atoms with van der Waals surface area (Å²) in [5, 5.41) is 7.08. The zero-order chi connectivity index (χ0) is 11.0. The highest BCUT2D eigenvalue weighted by Gasteiger charge is 2.11. The molecule has 0 bridgehead atoms. The molecule has 0 saturated carbocycles. The lowest BCUT2D eigenvalue weighted by molar-refractivity contribution is 0.912. The Morgan fingerprint density at radius 2 is 1.94 bits per heavy atom. The van der Waals surface area contributed by atoms with Crippen LogP contribution in [-0.4, -0.2) is 10.2 Å². The zero-order valence-electron chi connectivity index (χ0n) is 8.86. The number of benzene rings is 1. The first kappa shape index (κ1) is 9.73.